The molecule has 6 heteroatoms. The van der Waals surface area contributed by atoms with Crippen LogP contribution in [0.1, 0.15) is 26.0 Å². The van der Waals surface area contributed by atoms with Gasteiger partial charge in [0.1, 0.15) is 5.82 Å². The number of benzene rings is 1. The van der Waals surface area contributed by atoms with E-state index in [4.69, 9.17) is 0 Å². The number of imide groups is 1. The number of thioether (sulfide) groups is 1. The Bertz CT molecular complexity index is 828. The van der Waals surface area contributed by atoms with Gasteiger partial charge in [-0.05, 0) is 55.4 Å². The second-order valence-corrected chi connectivity index (χ2v) is 6.56. The van der Waals surface area contributed by atoms with E-state index in [1.165, 1.54) is 11.0 Å². The lowest BCUT2D eigenvalue weighted by molar-refractivity contribution is -0.124. The van der Waals surface area contributed by atoms with E-state index in [0.29, 0.717) is 22.7 Å². The zero-order chi connectivity index (χ0) is 17.3. The molecule has 1 aromatic heterocycles. The van der Waals surface area contributed by atoms with Gasteiger partial charge in [-0.25, -0.2) is 4.39 Å². The predicted octanol–water partition coefficient (Wildman–Crippen LogP) is 4.45. The number of rotatable bonds is 4. The smallest absolute Gasteiger partial charge is 0.293 e. The van der Waals surface area contributed by atoms with Gasteiger partial charge in [0, 0.05) is 17.9 Å². The molecule has 1 aromatic carbocycles. The van der Waals surface area contributed by atoms with E-state index in [0.717, 1.165) is 11.8 Å². The van der Waals surface area contributed by atoms with Crippen molar-refractivity contribution >= 4 is 29.0 Å². The molecule has 1 fully saturated rings. The second-order valence-electron chi connectivity index (χ2n) is 5.56. The first-order chi connectivity index (χ1) is 11.5. The van der Waals surface area contributed by atoms with Gasteiger partial charge in [0.2, 0.25) is 0 Å². The summed E-state index contributed by atoms with van der Waals surface area (Å²) < 4.78 is 15.7. The molecule has 2 heterocycles. The maximum absolute atomic E-state index is 14.0. The Balaban J connectivity index is 1.97. The van der Waals surface area contributed by atoms with Gasteiger partial charge in [-0.3, -0.25) is 14.5 Å². The van der Waals surface area contributed by atoms with Gasteiger partial charge in [0.05, 0.1) is 10.6 Å². The van der Waals surface area contributed by atoms with Crippen LogP contribution in [0.5, 0.6) is 0 Å². The van der Waals surface area contributed by atoms with Crippen molar-refractivity contribution in [3.8, 4) is 5.69 Å². The van der Waals surface area contributed by atoms with Crippen molar-refractivity contribution in [2.45, 2.75) is 26.3 Å². The number of carbonyl (C=O) groups is 2. The van der Waals surface area contributed by atoms with Crippen LogP contribution in [0.25, 0.3) is 11.8 Å². The molecule has 2 aromatic rings. The largest absolute Gasteiger partial charge is 0.314 e. The molecule has 3 rings (SSSR count). The number of aromatic nitrogens is 1. The van der Waals surface area contributed by atoms with Crippen molar-refractivity contribution < 1.29 is 14.0 Å². The van der Waals surface area contributed by atoms with Crippen LogP contribution < -0.4 is 0 Å². The quantitative estimate of drug-likeness (QED) is 0.770. The first kappa shape index (κ1) is 16.5. The minimum Gasteiger partial charge on any atom is -0.314 e. The van der Waals surface area contributed by atoms with Gasteiger partial charge in [0.15, 0.2) is 0 Å². The zero-order valence-electron chi connectivity index (χ0n) is 13.4. The number of halogens is 1. The molecular weight excluding hydrogens is 327 g/mol. The van der Waals surface area contributed by atoms with Crippen molar-refractivity contribution in [2.75, 3.05) is 0 Å². The Hall–Kier alpha value is -2.34. The molecule has 0 N–H and O–H groups in total. The summed E-state index contributed by atoms with van der Waals surface area (Å²) in [5.41, 5.74) is 1.05. The lowest BCUT2D eigenvalue weighted by Gasteiger charge is -2.19. The molecule has 1 aliphatic heterocycles. The normalized spacial score (nSPS) is 17.8. The molecule has 1 aliphatic rings. The summed E-state index contributed by atoms with van der Waals surface area (Å²) in [6.45, 7) is 3.78. The minimum absolute atomic E-state index is 0.137. The van der Waals surface area contributed by atoms with Crippen molar-refractivity contribution in [2.24, 2.45) is 0 Å². The van der Waals surface area contributed by atoms with E-state index in [1.54, 1.807) is 47.2 Å². The monoisotopic (exact) mass is 344 g/mol. The minimum atomic E-state index is -0.351. The van der Waals surface area contributed by atoms with Crippen molar-refractivity contribution in [1.82, 2.24) is 9.47 Å². The van der Waals surface area contributed by atoms with Crippen LogP contribution in [0, 0.1) is 5.82 Å². The van der Waals surface area contributed by atoms with Crippen molar-refractivity contribution in [1.29, 1.82) is 0 Å². The van der Waals surface area contributed by atoms with E-state index in [2.05, 4.69) is 0 Å². The third kappa shape index (κ3) is 2.89. The molecule has 0 saturated carbocycles. The molecule has 124 valence electrons. The first-order valence-corrected chi connectivity index (χ1v) is 8.54. The molecule has 2 amide bonds. The maximum atomic E-state index is 14.0. The van der Waals surface area contributed by atoms with Gasteiger partial charge in [0.25, 0.3) is 11.1 Å². The molecule has 1 atom stereocenters. The third-order valence-corrected chi connectivity index (χ3v) is 4.91. The number of para-hydroxylation sites is 1. The van der Waals surface area contributed by atoms with Gasteiger partial charge in [-0.15, -0.1) is 0 Å². The Kier molecular flexibility index (Phi) is 4.57. The Morgan fingerprint density at radius 1 is 1.21 bits per heavy atom. The fourth-order valence-electron chi connectivity index (χ4n) is 2.55. The van der Waals surface area contributed by atoms with Gasteiger partial charge in [-0.1, -0.05) is 19.1 Å². The topological polar surface area (TPSA) is 42.3 Å². The van der Waals surface area contributed by atoms with Crippen molar-refractivity contribution in [3.63, 3.8) is 0 Å². The maximum Gasteiger partial charge on any atom is 0.293 e. The SMILES string of the molecule is CCC(C)N1C(=O)S/C(=C\c2cccn2-c2ccccc2F)C1=O. The molecule has 1 unspecified atom stereocenters. The molecule has 1 saturated heterocycles. The van der Waals surface area contributed by atoms with E-state index in [9.17, 15) is 14.0 Å². The summed E-state index contributed by atoms with van der Waals surface area (Å²) in [6, 6.07) is 9.84. The van der Waals surface area contributed by atoms with E-state index in [1.807, 2.05) is 13.8 Å². The van der Waals surface area contributed by atoms with E-state index >= 15 is 0 Å². The summed E-state index contributed by atoms with van der Waals surface area (Å²) in [4.78, 5) is 26.2. The second kappa shape index (κ2) is 6.65. The molecule has 0 spiro atoms. The molecule has 4 nitrogen and oxygen atoms in total. The highest BCUT2D eigenvalue weighted by Crippen LogP contribution is 2.34. The number of amides is 2. The Labute approximate surface area is 144 Å². The van der Waals surface area contributed by atoms with Gasteiger partial charge < -0.3 is 4.57 Å². The summed E-state index contributed by atoms with van der Waals surface area (Å²) in [5, 5.41) is -0.260. The highest BCUT2D eigenvalue weighted by atomic mass is 32.2. The average Bonchev–Trinajstić information content (AvgIpc) is 3.12. The lowest BCUT2D eigenvalue weighted by atomic mass is 10.2. The van der Waals surface area contributed by atoms with Crippen molar-refractivity contribution in [3.05, 3.63) is 59.0 Å². The molecule has 0 aliphatic carbocycles. The number of carbonyl (C=O) groups excluding carboxylic acids is 2. The van der Waals surface area contributed by atoms with Crippen LogP contribution in [0.2, 0.25) is 0 Å². The molecular formula is C18H17FN2O2S. The van der Waals surface area contributed by atoms with E-state index < -0.39 is 0 Å². The summed E-state index contributed by atoms with van der Waals surface area (Å²) in [6.07, 6.45) is 4.07. The number of hydrogen-bond donors (Lipinski definition) is 0. The molecule has 0 bridgehead atoms. The Morgan fingerprint density at radius 2 is 1.96 bits per heavy atom. The van der Waals surface area contributed by atoms with Crippen LogP contribution in [-0.2, 0) is 4.79 Å². The summed E-state index contributed by atoms with van der Waals surface area (Å²) in [5.74, 6) is -0.642. The average molecular weight is 344 g/mol. The van der Waals surface area contributed by atoms with Crippen LogP contribution in [0.4, 0.5) is 9.18 Å². The predicted molar refractivity (Wildman–Crippen MR) is 93.3 cm³/mol. The van der Waals surface area contributed by atoms with Gasteiger partial charge in [-0.2, -0.15) is 0 Å². The molecule has 0 radical (unpaired) electrons. The molecule has 24 heavy (non-hydrogen) atoms. The lowest BCUT2D eigenvalue weighted by Crippen LogP contribution is -2.36. The van der Waals surface area contributed by atoms with Gasteiger partial charge >= 0.3 is 0 Å². The van der Waals surface area contributed by atoms with E-state index in [-0.39, 0.29) is 23.0 Å². The number of nitrogens with zero attached hydrogens (tertiary/aromatic N) is 2. The first-order valence-electron chi connectivity index (χ1n) is 7.72. The highest BCUT2D eigenvalue weighted by molar-refractivity contribution is 8.18. The fraction of sp³-hybridized carbons (Fsp3) is 0.222. The fourth-order valence-corrected chi connectivity index (χ4v) is 3.47. The zero-order valence-corrected chi connectivity index (χ0v) is 14.2. The summed E-state index contributed by atoms with van der Waals surface area (Å²) >= 11 is 0.923. The third-order valence-electron chi connectivity index (χ3n) is 4.03. The van der Waals surface area contributed by atoms with Crippen LogP contribution >= 0.6 is 11.8 Å². The summed E-state index contributed by atoms with van der Waals surface area (Å²) in [7, 11) is 0. The number of hydrogen-bond acceptors (Lipinski definition) is 3. The standard InChI is InChI=1S/C18H17FN2O2S/c1-3-12(2)21-17(22)16(24-18(21)23)11-13-7-6-10-20(13)15-9-5-4-8-14(15)19/h4-12H,3H2,1-2H3/b16-11-. The van der Waals surface area contributed by atoms with Crippen LogP contribution in [0.15, 0.2) is 47.5 Å². The Morgan fingerprint density at radius 3 is 2.67 bits per heavy atom. The van der Waals surface area contributed by atoms with Crippen LogP contribution in [0.3, 0.4) is 0 Å². The highest BCUT2D eigenvalue weighted by Gasteiger charge is 2.37. The van der Waals surface area contributed by atoms with Crippen LogP contribution in [-0.4, -0.2) is 26.7 Å².